The minimum Gasteiger partial charge on any atom is -0.277 e. The summed E-state index contributed by atoms with van der Waals surface area (Å²) < 4.78 is 1.28. The third-order valence-electron chi connectivity index (χ3n) is 3.12. The Hall–Kier alpha value is -2.43. The highest BCUT2D eigenvalue weighted by molar-refractivity contribution is 5.39. The molecule has 0 radical (unpaired) electrons. The van der Waals surface area contributed by atoms with Crippen molar-refractivity contribution in [2.24, 2.45) is 0 Å². The minimum atomic E-state index is -0.514. The fraction of sp³-hybridized carbons (Fsp3) is 0.267. The summed E-state index contributed by atoms with van der Waals surface area (Å²) in [4.78, 5) is 22.1. The van der Waals surface area contributed by atoms with Crippen molar-refractivity contribution in [1.29, 1.82) is 0 Å². The molecule has 0 N–H and O–H groups in total. The molecule has 0 aliphatic rings. The molecule has 0 amide bonds. The van der Waals surface area contributed by atoms with Gasteiger partial charge in [0.05, 0.1) is 11.1 Å². The van der Waals surface area contributed by atoms with Gasteiger partial charge in [-0.2, -0.15) is 0 Å². The van der Waals surface area contributed by atoms with Crippen molar-refractivity contribution in [1.82, 2.24) is 4.57 Å². The number of aromatic nitrogens is 1. The van der Waals surface area contributed by atoms with Crippen LogP contribution in [0.2, 0.25) is 0 Å². The van der Waals surface area contributed by atoms with Crippen LogP contribution in [0.4, 0.5) is 5.69 Å². The van der Waals surface area contributed by atoms with Gasteiger partial charge in [-0.15, -0.1) is 0 Å². The highest BCUT2D eigenvalue weighted by Crippen LogP contribution is 2.23. The quantitative estimate of drug-likeness (QED) is 0.623. The van der Waals surface area contributed by atoms with Crippen molar-refractivity contribution >= 4 is 5.69 Å². The summed E-state index contributed by atoms with van der Waals surface area (Å²) in [5.74, 6) is 0. The summed E-state index contributed by atoms with van der Waals surface area (Å²) in [6.07, 6.45) is 1.24. The van der Waals surface area contributed by atoms with Crippen molar-refractivity contribution in [2.75, 3.05) is 0 Å². The summed E-state index contributed by atoms with van der Waals surface area (Å²) >= 11 is 0. The van der Waals surface area contributed by atoms with Crippen molar-refractivity contribution in [3.8, 4) is 5.69 Å². The van der Waals surface area contributed by atoms with E-state index in [1.165, 1.54) is 22.9 Å². The van der Waals surface area contributed by atoms with E-state index < -0.39 is 4.92 Å². The number of benzene rings is 1. The van der Waals surface area contributed by atoms with E-state index in [-0.39, 0.29) is 16.7 Å². The molecule has 20 heavy (non-hydrogen) atoms. The molecule has 0 fully saturated rings. The van der Waals surface area contributed by atoms with Crippen LogP contribution in [0.1, 0.15) is 26.3 Å². The average molecular weight is 272 g/mol. The van der Waals surface area contributed by atoms with Crippen LogP contribution >= 0.6 is 0 Å². The van der Waals surface area contributed by atoms with Gasteiger partial charge in [-0.25, -0.2) is 0 Å². The van der Waals surface area contributed by atoms with Crippen molar-refractivity contribution < 1.29 is 4.92 Å². The minimum absolute atomic E-state index is 0.0200. The second-order valence-electron chi connectivity index (χ2n) is 5.65. The molecule has 0 aliphatic heterocycles. The fourth-order valence-electron chi connectivity index (χ4n) is 1.91. The van der Waals surface area contributed by atoms with Crippen LogP contribution in [0.15, 0.2) is 47.4 Å². The highest BCUT2D eigenvalue weighted by Gasteiger charge is 2.14. The lowest BCUT2D eigenvalue weighted by Crippen LogP contribution is -2.17. The van der Waals surface area contributed by atoms with Gasteiger partial charge in [0, 0.05) is 17.8 Å². The van der Waals surface area contributed by atoms with Crippen molar-refractivity contribution in [3.63, 3.8) is 0 Å². The molecule has 0 atom stereocenters. The lowest BCUT2D eigenvalue weighted by atomic mass is 9.87. The highest BCUT2D eigenvalue weighted by atomic mass is 16.6. The second-order valence-corrected chi connectivity index (χ2v) is 5.65. The number of hydrogen-bond acceptors (Lipinski definition) is 3. The molecule has 1 aromatic heterocycles. The van der Waals surface area contributed by atoms with Gasteiger partial charge in [-0.1, -0.05) is 32.9 Å². The molecule has 104 valence electrons. The molecule has 5 nitrogen and oxygen atoms in total. The standard InChI is InChI=1S/C15H16N2O3/c1-15(2,3)11-4-6-12(7-5-11)16-10-13(17(19)20)8-9-14(16)18/h4-10H,1-3H3. The Balaban J connectivity index is 2.49. The summed E-state index contributed by atoms with van der Waals surface area (Å²) in [5, 5.41) is 10.8. The lowest BCUT2D eigenvalue weighted by molar-refractivity contribution is -0.385. The molecule has 2 aromatic rings. The van der Waals surface area contributed by atoms with E-state index in [1.807, 2.05) is 12.1 Å². The predicted molar refractivity (Wildman–Crippen MR) is 77.4 cm³/mol. The maximum absolute atomic E-state index is 11.8. The molecule has 2 rings (SSSR count). The number of nitrogens with zero attached hydrogens (tertiary/aromatic N) is 2. The SMILES string of the molecule is CC(C)(C)c1ccc(-n2cc([N+](=O)[O-])ccc2=O)cc1. The fourth-order valence-corrected chi connectivity index (χ4v) is 1.91. The molecular formula is C15H16N2O3. The van der Waals surface area contributed by atoms with Crippen LogP contribution in [0.3, 0.4) is 0 Å². The number of nitro groups is 1. The Labute approximate surface area is 116 Å². The van der Waals surface area contributed by atoms with Gasteiger partial charge in [-0.05, 0) is 23.1 Å². The number of hydrogen-bond donors (Lipinski definition) is 0. The van der Waals surface area contributed by atoms with Crippen LogP contribution < -0.4 is 5.56 Å². The number of pyridine rings is 1. The van der Waals surface area contributed by atoms with Crippen molar-refractivity contribution in [3.05, 3.63) is 68.6 Å². The van der Waals surface area contributed by atoms with Crippen LogP contribution in [0, 0.1) is 10.1 Å². The van der Waals surface area contributed by atoms with Crippen molar-refractivity contribution in [2.45, 2.75) is 26.2 Å². The zero-order valence-corrected chi connectivity index (χ0v) is 11.7. The normalized spacial score (nSPS) is 11.3. The molecule has 0 saturated carbocycles. The molecule has 5 heteroatoms. The predicted octanol–water partition coefficient (Wildman–Crippen LogP) is 3.04. The van der Waals surface area contributed by atoms with Gasteiger partial charge >= 0.3 is 0 Å². The zero-order chi connectivity index (χ0) is 14.9. The van der Waals surface area contributed by atoms with E-state index in [0.29, 0.717) is 5.69 Å². The first kappa shape index (κ1) is 14.0. The Morgan fingerprint density at radius 2 is 1.65 bits per heavy atom. The number of rotatable bonds is 2. The van der Waals surface area contributed by atoms with E-state index >= 15 is 0 Å². The molecule has 0 unspecified atom stereocenters. The smallest absolute Gasteiger partial charge is 0.277 e. The van der Waals surface area contributed by atoms with Gasteiger partial charge in [-0.3, -0.25) is 19.5 Å². The summed E-state index contributed by atoms with van der Waals surface area (Å²) in [6.45, 7) is 6.30. The second kappa shape index (κ2) is 4.92. The Morgan fingerprint density at radius 3 is 2.15 bits per heavy atom. The maximum Gasteiger partial charge on any atom is 0.286 e. The molecule has 1 aromatic carbocycles. The van der Waals surface area contributed by atoms with Crippen LogP contribution in [-0.2, 0) is 5.41 Å². The molecule has 0 spiro atoms. The van der Waals surface area contributed by atoms with Gasteiger partial charge in [0.25, 0.3) is 11.2 Å². The maximum atomic E-state index is 11.8. The topological polar surface area (TPSA) is 65.1 Å². The summed E-state index contributed by atoms with van der Waals surface area (Å²) in [6, 6.07) is 9.87. The van der Waals surface area contributed by atoms with Crippen LogP contribution in [0.5, 0.6) is 0 Å². The average Bonchev–Trinajstić information content (AvgIpc) is 2.38. The van der Waals surface area contributed by atoms with E-state index in [9.17, 15) is 14.9 Å². The molecule has 1 heterocycles. The first-order valence-corrected chi connectivity index (χ1v) is 6.27. The summed E-state index contributed by atoms with van der Waals surface area (Å²) in [7, 11) is 0. The monoisotopic (exact) mass is 272 g/mol. The van der Waals surface area contributed by atoms with E-state index in [4.69, 9.17) is 0 Å². The van der Waals surface area contributed by atoms with Gasteiger partial charge in [0.15, 0.2) is 0 Å². The first-order chi connectivity index (χ1) is 9.29. The Bertz CT molecular complexity index is 694. The lowest BCUT2D eigenvalue weighted by Gasteiger charge is -2.19. The summed E-state index contributed by atoms with van der Waals surface area (Å²) in [5.41, 5.74) is 1.38. The van der Waals surface area contributed by atoms with E-state index in [2.05, 4.69) is 20.8 Å². The van der Waals surface area contributed by atoms with E-state index in [1.54, 1.807) is 12.1 Å². The van der Waals surface area contributed by atoms with Crippen LogP contribution in [0.25, 0.3) is 5.69 Å². The molecule has 0 saturated heterocycles. The molecular weight excluding hydrogens is 256 g/mol. The van der Waals surface area contributed by atoms with E-state index in [0.717, 1.165) is 5.56 Å². The Morgan fingerprint density at radius 1 is 1.05 bits per heavy atom. The van der Waals surface area contributed by atoms with Gasteiger partial charge in [0.1, 0.15) is 0 Å². The third kappa shape index (κ3) is 2.77. The first-order valence-electron chi connectivity index (χ1n) is 6.27. The van der Waals surface area contributed by atoms with Gasteiger partial charge < -0.3 is 0 Å². The zero-order valence-electron chi connectivity index (χ0n) is 11.7. The molecule has 0 bridgehead atoms. The van der Waals surface area contributed by atoms with Crippen LogP contribution in [-0.4, -0.2) is 9.49 Å². The largest absolute Gasteiger partial charge is 0.286 e. The van der Waals surface area contributed by atoms with Gasteiger partial charge in [0.2, 0.25) is 0 Å². The Kier molecular flexibility index (Phi) is 3.44. The molecule has 0 aliphatic carbocycles. The third-order valence-corrected chi connectivity index (χ3v) is 3.12.